The zero-order chi connectivity index (χ0) is 10.1. The first-order valence-electron chi connectivity index (χ1n) is 3.65. The predicted molar refractivity (Wildman–Crippen MR) is 45.1 cm³/mol. The topological polar surface area (TPSA) is 17.8 Å². The highest BCUT2D eigenvalue weighted by Crippen LogP contribution is 2.26. The van der Waals surface area contributed by atoms with Crippen LogP contribution in [0.1, 0.15) is 6.92 Å². The Morgan fingerprint density at radius 2 is 2.23 bits per heavy atom. The number of aromatic nitrogens is 2. The molecule has 2 nitrogen and oxygen atoms in total. The molecule has 0 bridgehead atoms. The summed E-state index contributed by atoms with van der Waals surface area (Å²) in [5, 5.41) is 3.80. The van der Waals surface area contributed by atoms with Gasteiger partial charge in [-0.3, -0.25) is 4.68 Å². The van der Waals surface area contributed by atoms with Crippen LogP contribution in [0, 0.1) is 5.92 Å². The summed E-state index contributed by atoms with van der Waals surface area (Å²) in [5.41, 5.74) is 0. The van der Waals surface area contributed by atoms with Gasteiger partial charge in [0.1, 0.15) is 4.60 Å². The number of hydrogen-bond donors (Lipinski definition) is 0. The van der Waals surface area contributed by atoms with Crippen LogP contribution in [0.5, 0.6) is 0 Å². The fourth-order valence-corrected chi connectivity index (χ4v) is 1.14. The molecule has 0 aliphatic heterocycles. The van der Waals surface area contributed by atoms with E-state index in [9.17, 15) is 13.2 Å². The molecular weight excluding hydrogens is 249 g/mol. The lowest BCUT2D eigenvalue weighted by Crippen LogP contribution is -2.24. The number of nitrogens with zero attached hydrogens (tertiary/aromatic N) is 2. The van der Waals surface area contributed by atoms with Crippen molar-refractivity contribution < 1.29 is 13.2 Å². The molecule has 0 aliphatic rings. The summed E-state index contributed by atoms with van der Waals surface area (Å²) < 4.78 is 38.1. The molecule has 1 rings (SSSR count). The molecule has 1 heterocycles. The Balaban J connectivity index is 2.60. The van der Waals surface area contributed by atoms with Crippen LogP contribution in [0.15, 0.2) is 16.9 Å². The molecule has 0 radical (unpaired) electrons. The SMILES string of the molecule is CC(Cn1ccc(Br)n1)C(F)(F)F. The monoisotopic (exact) mass is 256 g/mol. The predicted octanol–water partition coefficient (Wildman–Crippen LogP) is 2.84. The van der Waals surface area contributed by atoms with Gasteiger partial charge >= 0.3 is 6.18 Å². The molecule has 0 saturated heterocycles. The molecule has 0 fully saturated rings. The highest BCUT2D eigenvalue weighted by Gasteiger charge is 2.36. The smallest absolute Gasteiger partial charge is 0.271 e. The van der Waals surface area contributed by atoms with E-state index in [4.69, 9.17) is 0 Å². The quantitative estimate of drug-likeness (QED) is 0.796. The van der Waals surface area contributed by atoms with Gasteiger partial charge in [-0.2, -0.15) is 18.3 Å². The summed E-state index contributed by atoms with van der Waals surface area (Å²) in [7, 11) is 0. The molecule has 1 unspecified atom stereocenters. The Bertz CT molecular complexity index is 282. The van der Waals surface area contributed by atoms with Gasteiger partial charge in [0.15, 0.2) is 0 Å². The van der Waals surface area contributed by atoms with Crippen molar-refractivity contribution in [2.24, 2.45) is 5.92 Å². The second-order valence-electron chi connectivity index (χ2n) is 2.80. The van der Waals surface area contributed by atoms with Crippen LogP contribution >= 0.6 is 15.9 Å². The van der Waals surface area contributed by atoms with Crippen molar-refractivity contribution in [2.45, 2.75) is 19.6 Å². The van der Waals surface area contributed by atoms with Gasteiger partial charge in [-0.1, -0.05) is 6.92 Å². The lowest BCUT2D eigenvalue weighted by molar-refractivity contribution is -0.173. The van der Waals surface area contributed by atoms with E-state index in [0.29, 0.717) is 4.60 Å². The largest absolute Gasteiger partial charge is 0.393 e. The first-order chi connectivity index (χ1) is 5.89. The van der Waals surface area contributed by atoms with E-state index >= 15 is 0 Å². The zero-order valence-corrected chi connectivity index (χ0v) is 8.43. The second kappa shape index (κ2) is 3.69. The van der Waals surface area contributed by atoms with Crippen LogP contribution in [-0.2, 0) is 6.54 Å². The highest BCUT2D eigenvalue weighted by molar-refractivity contribution is 9.10. The Morgan fingerprint density at radius 3 is 2.62 bits per heavy atom. The van der Waals surface area contributed by atoms with Gasteiger partial charge in [-0.25, -0.2) is 0 Å². The van der Waals surface area contributed by atoms with Gasteiger partial charge in [0.2, 0.25) is 0 Å². The lowest BCUT2D eigenvalue weighted by atomic mass is 10.2. The summed E-state index contributed by atoms with van der Waals surface area (Å²) in [6.45, 7) is 0.991. The molecule has 6 heteroatoms. The molecule has 0 N–H and O–H groups in total. The molecule has 74 valence electrons. The Morgan fingerprint density at radius 1 is 1.62 bits per heavy atom. The fourth-order valence-electron chi connectivity index (χ4n) is 0.823. The molecular formula is C7H8BrF3N2. The van der Waals surface area contributed by atoms with Gasteiger partial charge in [-0.05, 0) is 22.0 Å². The molecule has 0 spiro atoms. The van der Waals surface area contributed by atoms with Crippen molar-refractivity contribution in [3.63, 3.8) is 0 Å². The summed E-state index contributed by atoms with van der Waals surface area (Å²) in [6.07, 6.45) is -2.65. The maximum Gasteiger partial charge on any atom is 0.393 e. The maximum absolute atomic E-state index is 12.1. The van der Waals surface area contributed by atoms with E-state index < -0.39 is 12.1 Å². The minimum absolute atomic E-state index is 0.144. The maximum atomic E-state index is 12.1. The van der Waals surface area contributed by atoms with Gasteiger partial charge in [-0.15, -0.1) is 0 Å². The van der Waals surface area contributed by atoms with Crippen molar-refractivity contribution in [1.29, 1.82) is 0 Å². The summed E-state index contributed by atoms with van der Waals surface area (Å²) in [6, 6.07) is 1.60. The molecule has 1 aromatic heterocycles. The van der Waals surface area contributed by atoms with Crippen molar-refractivity contribution in [3.8, 4) is 0 Å². The summed E-state index contributed by atoms with van der Waals surface area (Å²) >= 11 is 3.06. The first-order valence-corrected chi connectivity index (χ1v) is 4.44. The average Bonchev–Trinajstić information content (AvgIpc) is 2.33. The van der Waals surface area contributed by atoms with Crippen LogP contribution in [0.4, 0.5) is 13.2 Å². The molecule has 1 aromatic rings. The van der Waals surface area contributed by atoms with Crippen molar-refractivity contribution >= 4 is 15.9 Å². The molecule has 0 amide bonds. The van der Waals surface area contributed by atoms with E-state index in [1.54, 1.807) is 6.07 Å². The Hall–Kier alpha value is -0.520. The Labute approximate surface area is 81.9 Å². The number of alkyl halides is 3. The summed E-state index contributed by atoms with van der Waals surface area (Å²) in [5.74, 6) is -1.38. The number of halogens is 4. The minimum atomic E-state index is -4.15. The molecule has 1 atom stereocenters. The third-order valence-corrected chi connectivity index (χ3v) is 2.05. The fraction of sp³-hybridized carbons (Fsp3) is 0.571. The molecule has 13 heavy (non-hydrogen) atoms. The molecule has 0 aromatic carbocycles. The third-order valence-electron chi connectivity index (χ3n) is 1.63. The zero-order valence-electron chi connectivity index (χ0n) is 6.85. The first kappa shape index (κ1) is 10.6. The van der Waals surface area contributed by atoms with E-state index in [-0.39, 0.29) is 6.54 Å². The summed E-state index contributed by atoms with van der Waals surface area (Å²) in [4.78, 5) is 0. The normalized spacial score (nSPS) is 14.5. The van der Waals surface area contributed by atoms with E-state index in [2.05, 4.69) is 21.0 Å². The van der Waals surface area contributed by atoms with E-state index in [1.807, 2.05) is 0 Å². The van der Waals surface area contributed by atoms with Crippen LogP contribution in [0.25, 0.3) is 0 Å². The number of rotatable bonds is 2. The van der Waals surface area contributed by atoms with Crippen molar-refractivity contribution in [3.05, 3.63) is 16.9 Å². The molecule has 0 aliphatic carbocycles. The minimum Gasteiger partial charge on any atom is -0.271 e. The standard InChI is InChI=1S/C7H8BrF3N2/c1-5(7(9,10)11)4-13-3-2-6(8)12-13/h2-3,5H,4H2,1H3. The lowest BCUT2D eigenvalue weighted by Gasteiger charge is -2.14. The van der Waals surface area contributed by atoms with Gasteiger partial charge in [0, 0.05) is 6.20 Å². The third kappa shape index (κ3) is 3.02. The van der Waals surface area contributed by atoms with Gasteiger partial charge < -0.3 is 0 Å². The molecule has 0 saturated carbocycles. The van der Waals surface area contributed by atoms with E-state index in [0.717, 1.165) is 6.92 Å². The Kier molecular flexibility index (Phi) is 3.00. The van der Waals surface area contributed by atoms with Crippen molar-refractivity contribution in [2.75, 3.05) is 0 Å². The van der Waals surface area contributed by atoms with Crippen LogP contribution in [0.3, 0.4) is 0 Å². The second-order valence-corrected chi connectivity index (χ2v) is 3.62. The van der Waals surface area contributed by atoms with E-state index in [1.165, 1.54) is 10.9 Å². The van der Waals surface area contributed by atoms with Crippen LogP contribution < -0.4 is 0 Å². The van der Waals surface area contributed by atoms with Crippen LogP contribution in [0.2, 0.25) is 0 Å². The average molecular weight is 257 g/mol. The van der Waals surface area contributed by atoms with Gasteiger partial charge in [0.25, 0.3) is 0 Å². The van der Waals surface area contributed by atoms with Gasteiger partial charge in [0.05, 0.1) is 12.5 Å². The van der Waals surface area contributed by atoms with Crippen LogP contribution in [-0.4, -0.2) is 16.0 Å². The highest BCUT2D eigenvalue weighted by atomic mass is 79.9. The van der Waals surface area contributed by atoms with Crippen molar-refractivity contribution in [1.82, 2.24) is 9.78 Å². The number of hydrogen-bond acceptors (Lipinski definition) is 1.